The molecule has 11 heavy (non-hydrogen) atoms. The fourth-order valence-electron chi connectivity index (χ4n) is 1.25. The van der Waals surface area contributed by atoms with Gasteiger partial charge in [-0.15, -0.1) is 0 Å². The van der Waals surface area contributed by atoms with E-state index in [0.717, 1.165) is 19.0 Å². The van der Waals surface area contributed by atoms with Gasteiger partial charge in [0.25, 0.3) is 0 Å². The van der Waals surface area contributed by atoms with Crippen LogP contribution in [0.5, 0.6) is 0 Å². The van der Waals surface area contributed by atoms with Crippen molar-refractivity contribution in [2.75, 3.05) is 13.1 Å². The second-order valence-corrected chi connectivity index (χ2v) is 3.49. The molecule has 2 nitrogen and oxygen atoms in total. The molecule has 0 radical (unpaired) electrons. The molecule has 0 amide bonds. The van der Waals surface area contributed by atoms with Gasteiger partial charge < -0.3 is 5.32 Å². The Hall–Kier alpha value is -0.550. The van der Waals surface area contributed by atoms with Crippen molar-refractivity contribution in [3.63, 3.8) is 0 Å². The van der Waals surface area contributed by atoms with Gasteiger partial charge in [-0.05, 0) is 32.2 Å². The molecule has 1 unspecified atom stereocenters. The highest BCUT2D eigenvalue weighted by Crippen LogP contribution is 2.24. The Morgan fingerprint density at radius 3 is 2.82 bits per heavy atom. The van der Waals surface area contributed by atoms with E-state index in [-0.39, 0.29) is 5.92 Å². The molecule has 0 saturated heterocycles. The Balaban J connectivity index is 1.91. The van der Waals surface area contributed by atoms with Crippen molar-refractivity contribution < 1.29 is 0 Å². The first kappa shape index (κ1) is 8.55. The normalized spacial score (nSPS) is 20.4. The van der Waals surface area contributed by atoms with Crippen molar-refractivity contribution in [3.8, 4) is 6.07 Å². The summed E-state index contributed by atoms with van der Waals surface area (Å²) in [6.07, 6.45) is 4.17. The fourth-order valence-corrected chi connectivity index (χ4v) is 1.25. The molecule has 1 fully saturated rings. The van der Waals surface area contributed by atoms with Crippen LogP contribution in [0, 0.1) is 23.2 Å². The van der Waals surface area contributed by atoms with Gasteiger partial charge in [0.15, 0.2) is 0 Å². The fraction of sp³-hybridized carbons (Fsp3) is 0.889. The molecule has 1 aliphatic rings. The van der Waals surface area contributed by atoms with E-state index in [1.807, 2.05) is 6.92 Å². The first-order valence-electron chi connectivity index (χ1n) is 4.43. The SMILES string of the molecule is CC(C#N)CNCC1CCC1. The topological polar surface area (TPSA) is 35.8 Å². The molecule has 2 heteroatoms. The molecule has 0 aromatic heterocycles. The Kier molecular flexibility index (Phi) is 3.38. The number of hydrogen-bond donors (Lipinski definition) is 1. The quantitative estimate of drug-likeness (QED) is 0.663. The highest BCUT2D eigenvalue weighted by molar-refractivity contribution is 4.81. The Bertz CT molecular complexity index is 144. The van der Waals surface area contributed by atoms with Crippen LogP contribution in [-0.2, 0) is 0 Å². The molecular formula is C9H16N2. The number of nitrogens with zero attached hydrogens (tertiary/aromatic N) is 1. The van der Waals surface area contributed by atoms with Gasteiger partial charge in [0.05, 0.1) is 12.0 Å². The zero-order valence-electron chi connectivity index (χ0n) is 7.14. The first-order valence-corrected chi connectivity index (χ1v) is 4.43. The van der Waals surface area contributed by atoms with Crippen molar-refractivity contribution in [3.05, 3.63) is 0 Å². The van der Waals surface area contributed by atoms with E-state index in [1.165, 1.54) is 19.3 Å². The smallest absolute Gasteiger partial charge is 0.0666 e. The van der Waals surface area contributed by atoms with Gasteiger partial charge in [-0.25, -0.2) is 0 Å². The molecule has 0 aliphatic heterocycles. The third-order valence-electron chi connectivity index (χ3n) is 2.33. The van der Waals surface area contributed by atoms with Crippen molar-refractivity contribution in [2.45, 2.75) is 26.2 Å². The van der Waals surface area contributed by atoms with Gasteiger partial charge in [-0.3, -0.25) is 0 Å². The molecule has 1 aliphatic carbocycles. The van der Waals surface area contributed by atoms with Crippen molar-refractivity contribution in [1.29, 1.82) is 5.26 Å². The molecule has 62 valence electrons. The Morgan fingerprint density at radius 2 is 2.36 bits per heavy atom. The van der Waals surface area contributed by atoms with Gasteiger partial charge in [-0.1, -0.05) is 6.42 Å². The second-order valence-electron chi connectivity index (χ2n) is 3.49. The Labute approximate surface area is 68.6 Å². The third-order valence-corrected chi connectivity index (χ3v) is 2.33. The lowest BCUT2D eigenvalue weighted by atomic mass is 9.85. The van der Waals surface area contributed by atoms with Gasteiger partial charge in [-0.2, -0.15) is 5.26 Å². The number of hydrogen-bond acceptors (Lipinski definition) is 2. The second kappa shape index (κ2) is 4.35. The van der Waals surface area contributed by atoms with Crippen LogP contribution in [0.15, 0.2) is 0 Å². The van der Waals surface area contributed by atoms with E-state index >= 15 is 0 Å². The summed E-state index contributed by atoms with van der Waals surface area (Å²) >= 11 is 0. The standard InChI is InChI=1S/C9H16N2/c1-8(5-10)6-11-7-9-3-2-4-9/h8-9,11H,2-4,6-7H2,1H3. The van der Waals surface area contributed by atoms with Crippen LogP contribution < -0.4 is 5.32 Å². The Morgan fingerprint density at radius 1 is 1.64 bits per heavy atom. The lowest BCUT2D eigenvalue weighted by molar-refractivity contribution is 0.299. The highest BCUT2D eigenvalue weighted by atomic mass is 14.9. The first-order chi connectivity index (χ1) is 5.33. The monoisotopic (exact) mass is 152 g/mol. The predicted octanol–water partition coefficient (Wildman–Crippen LogP) is 1.54. The lowest BCUT2D eigenvalue weighted by Crippen LogP contribution is -2.30. The van der Waals surface area contributed by atoms with Crippen LogP contribution in [0.1, 0.15) is 26.2 Å². The molecule has 0 heterocycles. The maximum Gasteiger partial charge on any atom is 0.0666 e. The molecule has 0 spiro atoms. The molecule has 0 aromatic rings. The lowest BCUT2D eigenvalue weighted by Gasteiger charge is -2.25. The van der Waals surface area contributed by atoms with Crippen molar-refractivity contribution in [2.24, 2.45) is 11.8 Å². The molecule has 1 rings (SSSR count). The number of rotatable bonds is 4. The minimum absolute atomic E-state index is 0.162. The minimum Gasteiger partial charge on any atom is -0.315 e. The summed E-state index contributed by atoms with van der Waals surface area (Å²) in [4.78, 5) is 0. The highest BCUT2D eigenvalue weighted by Gasteiger charge is 2.16. The van der Waals surface area contributed by atoms with E-state index in [2.05, 4.69) is 11.4 Å². The van der Waals surface area contributed by atoms with Crippen LogP contribution in [0.2, 0.25) is 0 Å². The molecule has 1 saturated carbocycles. The molecule has 0 aromatic carbocycles. The van der Waals surface area contributed by atoms with Crippen molar-refractivity contribution in [1.82, 2.24) is 5.32 Å². The van der Waals surface area contributed by atoms with Crippen molar-refractivity contribution >= 4 is 0 Å². The van der Waals surface area contributed by atoms with Gasteiger partial charge in [0.2, 0.25) is 0 Å². The maximum atomic E-state index is 8.48. The summed E-state index contributed by atoms with van der Waals surface area (Å²) in [5.74, 6) is 1.07. The van der Waals surface area contributed by atoms with Gasteiger partial charge in [0.1, 0.15) is 0 Å². The summed E-state index contributed by atoms with van der Waals surface area (Å²) in [5.41, 5.74) is 0. The van der Waals surface area contributed by atoms with Crippen LogP contribution in [0.4, 0.5) is 0 Å². The van der Waals surface area contributed by atoms with E-state index in [4.69, 9.17) is 5.26 Å². The summed E-state index contributed by atoms with van der Waals surface area (Å²) in [5, 5.41) is 11.8. The number of nitrogens with one attached hydrogen (secondary N) is 1. The summed E-state index contributed by atoms with van der Waals surface area (Å²) in [7, 11) is 0. The van der Waals surface area contributed by atoms with Crippen LogP contribution in [0.3, 0.4) is 0 Å². The van der Waals surface area contributed by atoms with Gasteiger partial charge >= 0.3 is 0 Å². The average Bonchev–Trinajstić information content (AvgIpc) is 1.94. The van der Waals surface area contributed by atoms with E-state index in [9.17, 15) is 0 Å². The molecular weight excluding hydrogens is 136 g/mol. The predicted molar refractivity (Wildman–Crippen MR) is 45.0 cm³/mol. The molecule has 1 atom stereocenters. The van der Waals surface area contributed by atoms with E-state index < -0.39 is 0 Å². The average molecular weight is 152 g/mol. The van der Waals surface area contributed by atoms with Crippen LogP contribution >= 0.6 is 0 Å². The van der Waals surface area contributed by atoms with Gasteiger partial charge in [0, 0.05) is 6.54 Å². The molecule has 0 bridgehead atoms. The van der Waals surface area contributed by atoms with E-state index in [1.54, 1.807) is 0 Å². The maximum absolute atomic E-state index is 8.48. The van der Waals surface area contributed by atoms with Crippen LogP contribution in [0.25, 0.3) is 0 Å². The summed E-state index contributed by atoms with van der Waals surface area (Å²) in [6, 6.07) is 2.21. The molecule has 1 N–H and O–H groups in total. The number of nitriles is 1. The zero-order valence-corrected chi connectivity index (χ0v) is 7.14. The van der Waals surface area contributed by atoms with E-state index in [0.29, 0.717) is 0 Å². The zero-order chi connectivity index (χ0) is 8.10. The minimum atomic E-state index is 0.162. The summed E-state index contributed by atoms with van der Waals surface area (Å²) in [6.45, 7) is 3.92. The largest absolute Gasteiger partial charge is 0.315 e. The third kappa shape index (κ3) is 2.90. The van der Waals surface area contributed by atoms with Crippen LogP contribution in [-0.4, -0.2) is 13.1 Å². The summed E-state index contributed by atoms with van der Waals surface area (Å²) < 4.78 is 0.